The highest BCUT2D eigenvalue weighted by Crippen LogP contribution is 2.17. The molecule has 0 bridgehead atoms. The molecule has 6 heteroatoms. The highest BCUT2D eigenvalue weighted by molar-refractivity contribution is 5.99. The lowest BCUT2D eigenvalue weighted by atomic mass is 10.2. The summed E-state index contributed by atoms with van der Waals surface area (Å²) in [5.41, 5.74) is 0.831. The van der Waals surface area contributed by atoms with Gasteiger partial charge in [-0.15, -0.1) is 0 Å². The zero-order valence-electron chi connectivity index (χ0n) is 13.5. The molecular formula is C16H22N2O4. The number of carbonyl (C=O) groups excluding carboxylic acids is 3. The minimum Gasteiger partial charge on any atom is -0.465 e. The standard InChI is InChI=1S/C16H22N2O4/c1-5-17(6-2)15(20)11-18(12(3)19)14-9-7-8-13(10-14)16(21)22-4/h7-10H,5-6,11H2,1-4H3. The van der Waals surface area contributed by atoms with Crippen molar-refractivity contribution >= 4 is 23.5 Å². The van der Waals surface area contributed by atoms with E-state index in [-0.39, 0.29) is 18.4 Å². The Morgan fingerprint density at radius 2 is 1.77 bits per heavy atom. The second-order valence-corrected chi connectivity index (χ2v) is 4.71. The second-order valence-electron chi connectivity index (χ2n) is 4.71. The maximum atomic E-state index is 12.2. The van der Waals surface area contributed by atoms with Crippen LogP contribution in [0.5, 0.6) is 0 Å². The Kier molecular flexibility index (Phi) is 6.56. The summed E-state index contributed by atoms with van der Waals surface area (Å²) in [7, 11) is 1.29. The summed E-state index contributed by atoms with van der Waals surface area (Å²) in [5.74, 6) is -0.883. The van der Waals surface area contributed by atoms with Gasteiger partial charge in [-0.2, -0.15) is 0 Å². The van der Waals surface area contributed by atoms with Crippen molar-refractivity contribution in [1.82, 2.24) is 4.90 Å². The first kappa shape index (κ1) is 17.7. The number of benzene rings is 1. The summed E-state index contributed by atoms with van der Waals surface area (Å²) in [4.78, 5) is 38.7. The van der Waals surface area contributed by atoms with E-state index >= 15 is 0 Å². The van der Waals surface area contributed by atoms with Gasteiger partial charge in [0.05, 0.1) is 12.7 Å². The molecule has 0 unspecified atom stereocenters. The molecule has 1 aromatic carbocycles. The van der Waals surface area contributed by atoms with Crippen molar-refractivity contribution in [1.29, 1.82) is 0 Å². The summed E-state index contributed by atoms with van der Waals surface area (Å²) < 4.78 is 4.67. The van der Waals surface area contributed by atoms with E-state index in [0.29, 0.717) is 24.3 Å². The van der Waals surface area contributed by atoms with Gasteiger partial charge < -0.3 is 14.5 Å². The zero-order chi connectivity index (χ0) is 16.7. The Labute approximate surface area is 130 Å². The van der Waals surface area contributed by atoms with Crippen LogP contribution in [0.3, 0.4) is 0 Å². The predicted molar refractivity (Wildman–Crippen MR) is 83.7 cm³/mol. The minimum absolute atomic E-state index is 0.0539. The summed E-state index contributed by atoms with van der Waals surface area (Å²) in [5, 5.41) is 0. The molecule has 0 saturated heterocycles. The van der Waals surface area contributed by atoms with Crippen LogP contribution in [0, 0.1) is 0 Å². The second kappa shape index (κ2) is 8.17. The smallest absolute Gasteiger partial charge is 0.337 e. The third kappa shape index (κ3) is 4.31. The molecule has 2 amide bonds. The fourth-order valence-corrected chi connectivity index (χ4v) is 2.11. The first-order valence-corrected chi connectivity index (χ1v) is 7.18. The molecule has 6 nitrogen and oxygen atoms in total. The predicted octanol–water partition coefficient (Wildman–Crippen LogP) is 1.69. The van der Waals surface area contributed by atoms with Crippen LogP contribution in [0.1, 0.15) is 31.1 Å². The van der Waals surface area contributed by atoms with Crippen LogP contribution in [0.4, 0.5) is 5.69 Å². The molecule has 0 aliphatic heterocycles. The van der Waals surface area contributed by atoms with E-state index in [9.17, 15) is 14.4 Å². The Morgan fingerprint density at radius 1 is 1.14 bits per heavy atom. The van der Waals surface area contributed by atoms with Gasteiger partial charge in [0, 0.05) is 25.7 Å². The zero-order valence-corrected chi connectivity index (χ0v) is 13.5. The molecule has 0 saturated carbocycles. The number of anilines is 1. The highest BCUT2D eigenvalue weighted by Gasteiger charge is 2.19. The molecule has 0 heterocycles. The number of ether oxygens (including phenoxy) is 1. The van der Waals surface area contributed by atoms with Crippen LogP contribution >= 0.6 is 0 Å². The molecule has 0 aromatic heterocycles. The lowest BCUT2D eigenvalue weighted by molar-refractivity contribution is -0.130. The van der Waals surface area contributed by atoms with Crippen LogP contribution in [0.2, 0.25) is 0 Å². The van der Waals surface area contributed by atoms with E-state index in [1.165, 1.54) is 18.9 Å². The fourth-order valence-electron chi connectivity index (χ4n) is 2.11. The van der Waals surface area contributed by atoms with Crippen molar-refractivity contribution in [2.24, 2.45) is 0 Å². The number of hydrogen-bond donors (Lipinski definition) is 0. The topological polar surface area (TPSA) is 66.9 Å². The van der Waals surface area contributed by atoms with Gasteiger partial charge in [-0.05, 0) is 32.0 Å². The van der Waals surface area contributed by atoms with Crippen LogP contribution in [0.15, 0.2) is 24.3 Å². The molecule has 1 aromatic rings. The van der Waals surface area contributed by atoms with Gasteiger partial charge in [0.2, 0.25) is 11.8 Å². The largest absolute Gasteiger partial charge is 0.465 e. The number of amides is 2. The van der Waals surface area contributed by atoms with Crippen molar-refractivity contribution in [3.8, 4) is 0 Å². The minimum atomic E-state index is -0.486. The first-order chi connectivity index (χ1) is 10.4. The Hall–Kier alpha value is -2.37. The van der Waals surface area contributed by atoms with Gasteiger partial charge in [-0.25, -0.2) is 4.79 Å². The molecule has 0 aliphatic carbocycles. The summed E-state index contributed by atoms with van der Waals surface area (Å²) in [6, 6.07) is 6.48. The van der Waals surface area contributed by atoms with E-state index in [2.05, 4.69) is 4.74 Å². The van der Waals surface area contributed by atoms with E-state index in [1.807, 2.05) is 13.8 Å². The van der Waals surface area contributed by atoms with Crippen LogP contribution in [-0.4, -0.2) is 49.4 Å². The van der Waals surface area contributed by atoms with Crippen molar-refractivity contribution < 1.29 is 19.1 Å². The van der Waals surface area contributed by atoms with Crippen LogP contribution in [0.25, 0.3) is 0 Å². The van der Waals surface area contributed by atoms with E-state index in [4.69, 9.17) is 0 Å². The average Bonchev–Trinajstić information content (AvgIpc) is 2.52. The third-order valence-electron chi connectivity index (χ3n) is 3.37. The number of likely N-dealkylation sites (N-methyl/N-ethyl adjacent to an activating group) is 1. The van der Waals surface area contributed by atoms with Crippen molar-refractivity contribution in [3.63, 3.8) is 0 Å². The molecule has 0 aliphatic rings. The maximum absolute atomic E-state index is 12.2. The van der Waals surface area contributed by atoms with Gasteiger partial charge in [-0.3, -0.25) is 9.59 Å². The van der Waals surface area contributed by atoms with Crippen molar-refractivity contribution in [2.75, 3.05) is 31.6 Å². The SMILES string of the molecule is CCN(CC)C(=O)CN(C(C)=O)c1cccc(C(=O)OC)c1. The Morgan fingerprint density at radius 3 is 2.27 bits per heavy atom. The summed E-state index contributed by atoms with van der Waals surface area (Å²) in [6.45, 7) is 6.28. The van der Waals surface area contributed by atoms with Gasteiger partial charge in [-0.1, -0.05) is 6.07 Å². The molecule has 22 heavy (non-hydrogen) atoms. The van der Waals surface area contributed by atoms with E-state index in [1.54, 1.807) is 29.2 Å². The molecule has 1 rings (SSSR count). The van der Waals surface area contributed by atoms with Crippen LogP contribution < -0.4 is 4.90 Å². The van der Waals surface area contributed by atoms with E-state index in [0.717, 1.165) is 0 Å². The quantitative estimate of drug-likeness (QED) is 0.750. The number of carbonyl (C=O) groups is 3. The van der Waals surface area contributed by atoms with Crippen LogP contribution in [-0.2, 0) is 14.3 Å². The number of rotatable bonds is 6. The molecular weight excluding hydrogens is 284 g/mol. The number of hydrogen-bond acceptors (Lipinski definition) is 4. The maximum Gasteiger partial charge on any atom is 0.337 e. The number of esters is 1. The lowest BCUT2D eigenvalue weighted by Crippen LogP contribution is -2.42. The monoisotopic (exact) mass is 306 g/mol. The first-order valence-electron chi connectivity index (χ1n) is 7.18. The molecule has 0 spiro atoms. The van der Waals surface area contributed by atoms with Crippen molar-refractivity contribution in [3.05, 3.63) is 29.8 Å². The van der Waals surface area contributed by atoms with Gasteiger partial charge in [0.1, 0.15) is 6.54 Å². The number of methoxy groups -OCH3 is 1. The normalized spacial score (nSPS) is 10.0. The third-order valence-corrected chi connectivity index (χ3v) is 3.37. The van der Waals surface area contributed by atoms with E-state index < -0.39 is 5.97 Å². The molecule has 0 atom stereocenters. The average molecular weight is 306 g/mol. The molecule has 0 radical (unpaired) electrons. The molecule has 0 fully saturated rings. The lowest BCUT2D eigenvalue weighted by Gasteiger charge is -2.25. The van der Waals surface area contributed by atoms with Gasteiger partial charge in [0.15, 0.2) is 0 Å². The molecule has 0 N–H and O–H groups in total. The summed E-state index contributed by atoms with van der Waals surface area (Å²) in [6.07, 6.45) is 0. The summed E-state index contributed by atoms with van der Waals surface area (Å²) >= 11 is 0. The van der Waals surface area contributed by atoms with Crippen molar-refractivity contribution in [2.45, 2.75) is 20.8 Å². The number of nitrogens with zero attached hydrogens (tertiary/aromatic N) is 2. The molecule has 120 valence electrons. The van der Waals surface area contributed by atoms with Gasteiger partial charge >= 0.3 is 5.97 Å². The Balaban J connectivity index is 3.04. The highest BCUT2D eigenvalue weighted by atomic mass is 16.5. The fraction of sp³-hybridized carbons (Fsp3) is 0.438. The van der Waals surface area contributed by atoms with Gasteiger partial charge in [0.25, 0.3) is 0 Å². The Bertz CT molecular complexity index is 553.